The van der Waals surface area contributed by atoms with Gasteiger partial charge in [-0.1, -0.05) is 6.07 Å². The predicted molar refractivity (Wildman–Crippen MR) is 120 cm³/mol. The summed E-state index contributed by atoms with van der Waals surface area (Å²) >= 11 is 0. The van der Waals surface area contributed by atoms with Crippen molar-refractivity contribution in [2.24, 2.45) is 0 Å². The van der Waals surface area contributed by atoms with Gasteiger partial charge in [-0.2, -0.15) is 0 Å². The van der Waals surface area contributed by atoms with Crippen LogP contribution >= 0.6 is 0 Å². The van der Waals surface area contributed by atoms with Crippen molar-refractivity contribution in [2.75, 3.05) is 38.6 Å². The largest absolute Gasteiger partial charge is 0.494 e. The lowest BCUT2D eigenvalue weighted by Gasteiger charge is -2.34. The van der Waals surface area contributed by atoms with Gasteiger partial charge in [0.05, 0.1) is 7.11 Å². The minimum absolute atomic E-state index is 0.0519. The zero-order valence-electron chi connectivity index (χ0n) is 19.0. The molecule has 3 rings (SSSR count). The van der Waals surface area contributed by atoms with E-state index in [1.165, 1.54) is 13.2 Å². The van der Waals surface area contributed by atoms with Crippen LogP contribution in [-0.2, 0) is 11.3 Å². The molecule has 0 bridgehead atoms. The van der Waals surface area contributed by atoms with Crippen molar-refractivity contribution in [1.82, 2.24) is 9.80 Å². The highest BCUT2D eigenvalue weighted by molar-refractivity contribution is 5.95. The summed E-state index contributed by atoms with van der Waals surface area (Å²) in [5.74, 6) is -0.191. The average molecular weight is 444 g/mol. The highest BCUT2D eigenvalue weighted by atomic mass is 19.1. The first kappa shape index (κ1) is 23.5. The third-order valence-corrected chi connectivity index (χ3v) is 5.06. The van der Waals surface area contributed by atoms with E-state index in [9.17, 15) is 14.0 Å². The van der Waals surface area contributed by atoms with E-state index in [-0.39, 0.29) is 17.5 Å². The van der Waals surface area contributed by atoms with Gasteiger partial charge in [0, 0.05) is 44.0 Å². The molecule has 1 saturated heterocycles. The number of rotatable bonds is 5. The van der Waals surface area contributed by atoms with Crippen molar-refractivity contribution in [3.63, 3.8) is 0 Å². The second-order valence-electron chi connectivity index (χ2n) is 8.74. The van der Waals surface area contributed by atoms with Crippen LogP contribution < -0.4 is 10.1 Å². The first-order valence-electron chi connectivity index (χ1n) is 10.6. The van der Waals surface area contributed by atoms with E-state index in [1.807, 2.05) is 6.07 Å². The van der Waals surface area contributed by atoms with Crippen LogP contribution in [0.1, 0.15) is 36.7 Å². The summed E-state index contributed by atoms with van der Waals surface area (Å²) in [4.78, 5) is 28.7. The zero-order valence-corrected chi connectivity index (χ0v) is 19.0. The predicted octanol–water partition coefficient (Wildman–Crippen LogP) is 4.14. The number of methoxy groups -OCH3 is 1. The maximum Gasteiger partial charge on any atom is 0.412 e. The molecule has 7 nitrogen and oxygen atoms in total. The van der Waals surface area contributed by atoms with E-state index < -0.39 is 11.7 Å². The van der Waals surface area contributed by atoms with Crippen LogP contribution in [0.3, 0.4) is 0 Å². The summed E-state index contributed by atoms with van der Waals surface area (Å²) < 4.78 is 24.1. The molecule has 2 amide bonds. The van der Waals surface area contributed by atoms with Crippen LogP contribution in [0, 0.1) is 5.82 Å². The number of carbonyl (C=O) groups is 2. The number of halogens is 1. The van der Waals surface area contributed by atoms with E-state index >= 15 is 0 Å². The minimum Gasteiger partial charge on any atom is -0.494 e. The van der Waals surface area contributed by atoms with Gasteiger partial charge in [-0.25, -0.2) is 9.18 Å². The topological polar surface area (TPSA) is 71.1 Å². The normalized spacial score (nSPS) is 14.7. The smallest absolute Gasteiger partial charge is 0.412 e. The lowest BCUT2D eigenvalue weighted by Crippen LogP contribution is -2.48. The van der Waals surface area contributed by atoms with Crippen LogP contribution in [-0.4, -0.2) is 60.7 Å². The molecule has 0 unspecified atom stereocenters. The van der Waals surface area contributed by atoms with E-state index in [0.29, 0.717) is 44.0 Å². The van der Waals surface area contributed by atoms with Crippen LogP contribution in [0.2, 0.25) is 0 Å². The molecule has 0 atom stereocenters. The lowest BCUT2D eigenvalue weighted by atomic mass is 10.1. The molecule has 2 aromatic carbocycles. The Bertz CT molecular complexity index is 949. The molecule has 32 heavy (non-hydrogen) atoms. The Balaban J connectivity index is 1.50. The molecule has 0 spiro atoms. The Morgan fingerprint density at radius 1 is 1.03 bits per heavy atom. The fourth-order valence-corrected chi connectivity index (χ4v) is 3.48. The van der Waals surface area contributed by atoms with Crippen LogP contribution in [0.5, 0.6) is 5.75 Å². The van der Waals surface area contributed by atoms with Crippen molar-refractivity contribution in [3.05, 3.63) is 59.4 Å². The van der Waals surface area contributed by atoms with Crippen LogP contribution in [0.15, 0.2) is 42.5 Å². The molecule has 8 heteroatoms. The average Bonchev–Trinajstić information content (AvgIpc) is 2.73. The fourth-order valence-electron chi connectivity index (χ4n) is 3.48. The van der Waals surface area contributed by atoms with Crippen molar-refractivity contribution in [2.45, 2.75) is 32.9 Å². The molecule has 1 heterocycles. The Labute approximate surface area is 188 Å². The number of nitrogens with zero attached hydrogens (tertiary/aromatic N) is 2. The summed E-state index contributed by atoms with van der Waals surface area (Å²) in [7, 11) is 1.44. The number of carbonyl (C=O) groups excluding carboxylic acids is 2. The number of hydrogen-bond acceptors (Lipinski definition) is 5. The fraction of sp³-hybridized carbons (Fsp3) is 0.417. The SMILES string of the molecule is COc1ccc(CN2CCN(C(=O)c3ccc(NC(=O)OC(C)(C)C)cc3)CC2)cc1F. The van der Waals surface area contributed by atoms with Gasteiger partial charge in [0.25, 0.3) is 5.91 Å². The van der Waals surface area contributed by atoms with Gasteiger partial charge in [-0.3, -0.25) is 15.0 Å². The molecule has 1 aliphatic rings. The standard InChI is InChI=1S/C24H30FN3O4/c1-24(2,3)32-23(30)26-19-8-6-18(7-9-19)22(29)28-13-11-27(12-14-28)16-17-5-10-21(31-4)20(25)15-17/h5-10,15H,11-14,16H2,1-4H3,(H,26,30). The van der Waals surface area contributed by atoms with Crippen LogP contribution in [0.4, 0.5) is 14.9 Å². The van der Waals surface area contributed by atoms with Gasteiger partial charge in [0.2, 0.25) is 0 Å². The van der Waals surface area contributed by atoms with Gasteiger partial charge in [0.15, 0.2) is 11.6 Å². The number of nitrogens with one attached hydrogen (secondary N) is 1. The van der Waals surface area contributed by atoms with Gasteiger partial charge in [0.1, 0.15) is 5.60 Å². The second kappa shape index (κ2) is 9.99. The monoisotopic (exact) mass is 443 g/mol. The summed E-state index contributed by atoms with van der Waals surface area (Å²) in [5.41, 5.74) is 1.41. The number of piperazine rings is 1. The first-order valence-corrected chi connectivity index (χ1v) is 10.6. The molecule has 0 aromatic heterocycles. The number of benzene rings is 2. The molecule has 1 fully saturated rings. The highest BCUT2D eigenvalue weighted by Crippen LogP contribution is 2.20. The zero-order chi connectivity index (χ0) is 23.3. The minimum atomic E-state index is -0.580. The van der Waals surface area contributed by atoms with E-state index in [1.54, 1.807) is 56.0 Å². The third-order valence-electron chi connectivity index (χ3n) is 5.06. The Hall–Kier alpha value is -3.13. The molecule has 0 aliphatic carbocycles. The summed E-state index contributed by atoms with van der Waals surface area (Å²) in [6, 6.07) is 11.7. The van der Waals surface area contributed by atoms with Gasteiger partial charge >= 0.3 is 6.09 Å². The van der Waals surface area contributed by atoms with Crippen molar-refractivity contribution < 1.29 is 23.5 Å². The highest BCUT2D eigenvalue weighted by Gasteiger charge is 2.23. The van der Waals surface area contributed by atoms with Crippen molar-refractivity contribution >= 4 is 17.7 Å². The van der Waals surface area contributed by atoms with Crippen molar-refractivity contribution in [1.29, 1.82) is 0 Å². The van der Waals surface area contributed by atoms with E-state index in [4.69, 9.17) is 9.47 Å². The molecular weight excluding hydrogens is 413 g/mol. The Kier molecular flexibility index (Phi) is 7.35. The second-order valence-corrected chi connectivity index (χ2v) is 8.74. The first-order chi connectivity index (χ1) is 15.1. The summed E-state index contributed by atoms with van der Waals surface area (Å²) in [6.45, 7) is 8.60. The lowest BCUT2D eigenvalue weighted by molar-refractivity contribution is 0.0624. The molecular formula is C24H30FN3O4. The van der Waals surface area contributed by atoms with E-state index in [0.717, 1.165) is 5.56 Å². The molecule has 2 aromatic rings. The number of hydrogen-bond donors (Lipinski definition) is 1. The Morgan fingerprint density at radius 2 is 1.69 bits per heavy atom. The quantitative estimate of drug-likeness (QED) is 0.752. The summed E-state index contributed by atoms with van der Waals surface area (Å²) in [6.07, 6.45) is -0.538. The number of anilines is 1. The Morgan fingerprint density at radius 3 is 2.25 bits per heavy atom. The van der Waals surface area contributed by atoms with Crippen LogP contribution in [0.25, 0.3) is 0 Å². The molecule has 0 radical (unpaired) electrons. The molecule has 0 saturated carbocycles. The van der Waals surface area contributed by atoms with Gasteiger partial charge in [-0.05, 0) is 62.7 Å². The number of ether oxygens (including phenoxy) is 2. The van der Waals surface area contributed by atoms with E-state index in [2.05, 4.69) is 10.2 Å². The number of amides is 2. The molecule has 1 aliphatic heterocycles. The maximum absolute atomic E-state index is 13.9. The van der Waals surface area contributed by atoms with Gasteiger partial charge < -0.3 is 14.4 Å². The van der Waals surface area contributed by atoms with Crippen molar-refractivity contribution in [3.8, 4) is 5.75 Å². The molecule has 172 valence electrons. The summed E-state index contributed by atoms with van der Waals surface area (Å²) in [5, 5.41) is 2.66. The molecule has 1 N–H and O–H groups in total. The maximum atomic E-state index is 13.9. The third kappa shape index (κ3) is 6.43. The van der Waals surface area contributed by atoms with Gasteiger partial charge in [-0.15, -0.1) is 0 Å².